The third kappa shape index (κ3) is 4.21. The Bertz CT molecular complexity index is 1860. The lowest BCUT2D eigenvalue weighted by Crippen LogP contribution is -2.10. The Balaban J connectivity index is 1.41. The van der Waals surface area contributed by atoms with Gasteiger partial charge in [0.1, 0.15) is 5.82 Å². The van der Waals surface area contributed by atoms with Crippen molar-refractivity contribution < 1.29 is 8.81 Å². The van der Waals surface area contributed by atoms with Crippen molar-refractivity contribution in [2.45, 2.75) is 0 Å². The molecule has 40 heavy (non-hydrogen) atoms. The third-order valence-corrected chi connectivity index (χ3v) is 7.53. The molecule has 0 spiro atoms. The van der Waals surface area contributed by atoms with E-state index in [-0.39, 0.29) is 5.82 Å². The molecule has 4 heteroatoms. The average Bonchev–Trinajstić information content (AvgIpc) is 3.43. The highest BCUT2D eigenvalue weighted by Crippen LogP contribution is 2.44. The van der Waals surface area contributed by atoms with E-state index in [1.807, 2.05) is 54.6 Å². The Morgan fingerprint density at radius 3 is 1.57 bits per heavy atom. The van der Waals surface area contributed by atoms with Crippen molar-refractivity contribution in [2.75, 3.05) is 4.90 Å². The summed E-state index contributed by atoms with van der Waals surface area (Å²) < 4.78 is 21.3. The van der Waals surface area contributed by atoms with Crippen LogP contribution < -0.4 is 4.90 Å². The van der Waals surface area contributed by atoms with Gasteiger partial charge in [-0.3, -0.25) is 0 Å². The molecule has 0 bridgehead atoms. The van der Waals surface area contributed by atoms with E-state index < -0.39 is 0 Å². The highest BCUT2D eigenvalue weighted by molar-refractivity contribution is 6.36. The predicted molar refractivity (Wildman–Crippen MR) is 164 cm³/mol. The Morgan fingerprint density at radius 2 is 1.02 bits per heavy atom. The number of nitrogens with zero attached hydrogens (tertiary/aromatic N) is 1. The smallest absolute Gasteiger partial charge is 0.159 e. The Hall–Kier alpha value is -4.86. The molecule has 0 fully saturated rings. The van der Waals surface area contributed by atoms with Gasteiger partial charge in [-0.25, -0.2) is 4.39 Å². The lowest BCUT2D eigenvalue weighted by atomic mass is 10.0. The maximum atomic E-state index is 15.0. The van der Waals surface area contributed by atoms with Crippen LogP contribution >= 0.6 is 11.6 Å². The number of rotatable bonds is 5. The first kappa shape index (κ1) is 24.2. The summed E-state index contributed by atoms with van der Waals surface area (Å²) in [5.74, 6) is -0.360. The summed E-state index contributed by atoms with van der Waals surface area (Å²) in [5.41, 5.74) is 8.17. The maximum absolute atomic E-state index is 15.0. The average molecular weight is 540 g/mol. The van der Waals surface area contributed by atoms with Gasteiger partial charge >= 0.3 is 0 Å². The summed E-state index contributed by atoms with van der Waals surface area (Å²) in [7, 11) is 0. The SMILES string of the molecule is Fc1ccc(Cl)c2oc3c(N(c4ccc(-c5ccccc5)cc4)c4ccc(-c5ccccc5)cc4)cccc3c12. The minimum absolute atomic E-state index is 0.350. The molecule has 0 saturated carbocycles. The van der Waals surface area contributed by atoms with Crippen molar-refractivity contribution >= 4 is 50.6 Å². The normalized spacial score (nSPS) is 11.2. The predicted octanol–water partition coefficient (Wildman–Crippen LogP) is 11.2. The van der Waals surface area contributed by atoms with E-state index in [1.54, 1.807) is 0 Å². The second-order valence-electron chi connectivity index (χ2n) is 9.65. The van der Waals surface area contributed by atoms with E-state index in [4.69, 9.17) is 16.0 Å². The number of halogens is 2. The molecule has 192 valence electrons. The van der Waals surface area contributed by atoms with E-state index >= 15 is 0 Å². The summed E-state index contributed by atoms with van der Waals surface area (Å²) >= 11 is 6.44. The minimum atomic E-state index is -0.360. The maximum Gasteiger partial charge on any atom is 0.159 e. The van der Waals surface area contributed by atoms with Crippen molar-refractivity contribution in [2.24, 2.45) is 0 Å². The largest absolute Gasteiger partial charge is 0.452 e. The molecule has 7 rings (SSSR count). The molecule has 0 unspecified atom stereocenters. The quantitative estimate of drug-likeness (QED) is 0.216. The van der Waals surface area contributed by atoms with Crippen molar-refractivity contribution in [3.05, 3.63) is 150 Å². The molecule has 1 heterocycles. The highest BCUT2D eigenvalue weighted by Gasteiger charge is 2.22. The molecule has 0 radical (unpaired) electrons. The molecule has 1 aromatic heterocycles. The zero-order valence-corrected chi connectivity index (χ0v) is 22.1. The number of furan rings is 1. The van der Waals surface area contributed by atoms with Crippen LogP contribution in [-0.4, -0.2) is 0 Å². The molecule has 7 aromatic rings. The molecule has 0 atom stereocenters. The number of hydrogen-bond donors (Lipinski definition) is 0. The zero-order chi connectivity index (χ0) is 27.1. The molecule has 0 aliphatic rings. The molecule has 0 amide bonds. The number of fused-ring (bicyclic) bond motifs is 3. The number of hydrogen-bond acceptors (Lipinski definition) is 2. The fourth-order valence-electron chi connectivity index (χ4n) is 5.29. The molecule has 6 aromatic carbocycles. The molecule has 0 aliphatic carbocycles. The summed E-state index contributed by atoms with van der Waals surface area (Å²) in [6.45, 7) is 0. The fourth-order valence-corrected chi connectivity index (χ4v) is 5.48. The van der Waals surface area contributed by atoms with Crippen molar-refractivity contribution in [3.8, 4) is 22.3 Å². The molecule has 0 aliphatic heterocycles. The zero-order valence-electron chi connectivity index (χ0n) is 21.4. The molecular formula is C36H23ClFNO. The molecule has 2 nitrogen and oxygen atoms in total. The van der Waals surface area contributed by atoms with E-state index in [9.17, 15) is 4.39 Å². The Morgan fingerprint density at radius 1 is 0.500 bits per heavy atom. The van der Waals surface area contributed by atoms with Gasteiger partial charge in [-0.05, 0) is 64.7 Å². The van der Waals surface area contributed by atoms with Gasteiger partial charge in [-0.2, -0.15) is 0 Å². The van der Waals surface area contributed by atoms with Crippen LogP contribution in [0, 0.1) is 5.82 Å². The fraction of sp³-hybridized carbons (Fsp3) is 0. The van der Waals surface area contributed by atoms with Crippen LogP contribution in [0.3, 0.4) is 0 Å². The Labute approximate surface area is 236 Å². The Kier molecular flexibility index (Phi) is 6.07. The van der Waals surface area contributed by atoms with Crippen LogP contribution in [0.2, 0.25) is 5.02 Å². The van der Waals surface area contributed by atoms with Crippen molar-refractivity contribution in [3.63, 3.8) is 0 Å². The van der Waals surface area contributed by atoms with Gasteiger partial charge < -0.3 is 9.32 Å². The van der Waals surface area contributed by atoms with E-state index in [2.05, 4.69) is 77.7 Å². The van der Waals surface area contributed by atoms with Crippen LogP contribution in [-0.2, 0) is 0 Å². The highest BCUT2D eigenvalue weighted by atomic mass is 35.5. The van der Waals surface area contributed by atoms with E-state index in [0.717, 1.165) is 39.3 Å². The van der Waals surface area contributed by atoms with Crippen LogP contribution in [0.1, 0.15) is 0 Å². The summed E-state index contributed by atoms with van der Waals surface area (Å²) in [6, 6.07) is 46.2. The van der Waals surface area contributed by atoms with Gasteiger partial charge in [0.15, 0.2) is 11.2 Å². The first-order valence-electron chi connectivity index (χ1n) is 13.1. The monoisotopic (exact) mass is 539 g/mol. The standard InChI is InChI=1S/C36H23ClFNO/c37-31-22-23-32(38)34-30-12-7-13-33(35(30)40-36(31)34)39(28-18-14-26(15-19-28)24-8-3-1-4-9-24)29-20-16-27(17-21-29)25-10-5-2-6-11-25/h1-23H. The van der Waals surface area contributed by atoms with Crippen LogP contribution in [0.25, 0.3) is 44.2 Å². The topological polar surface area (TPSA) is 16.4 Å². The van der Waals surface area contributed by atoms with Crippen molar-refractivity contribution in [1.29, 1.82) is 0 Å². The van der Waals surface area contributed by atoms with Gasteiger partial charge in [0.2, 0.25) is 0 Å². The number of anilines is 3. The minimum Gasteiger partial charge on any atom is -0.452 e. The van der Waals surface area contributed by atoms with Crippen LogP contribution in [0.4, 0.5) is 21.5 Å². The first-order valence-corrected chi connectivity index (χ1v) is 13.5. The molecular weight excluding hydrogens is 517 g/mol. The lowest BCUT2D eigenvalue weighted by Gasteiger charge is -2.26. The number of benzene rings is 6. The third-order valence-electron chi connectivity index (χ3n) is 7.23. The first-order chi connectivity index (χ1) is 19.7. The van der Waals surface area contributed by atoms with Crippen LogP contribution in [0.5, 0.6) is 0 Å². The van der Waals surface area contributed by atoms with Gasteiger partial charge in [-0.1, -0.05) is 109 Å². The van der Waals surface area contributed by atoms with Gasteiger partial charge in [-0.15, -0.1) is 0 Å². The van der Waals surface area contributed by atoms with Crippen LogP contribution in [0.15, 0.2) is 144 Å². The summed E-state index contributed by atoms with van der Waals surface area (Å²) in [6.07, 6.45) is 0. The second kappa shape index (κ2) is 10.0. The van der Waals surface area contributed by atoms with Gasteiger partial charge in [0.25, 0.3) is 0 Å². The second-order valence-corrected chi connectivity index (χ2v) is 10.1. The molecule has 0 N–H and O–H groups in total. The van der Waals surface area contributed by atoms with E-state index in [0.29, 0.717) is 27.0 Å². The van der Waals surface area contributed by atoms with E-state index in [1.165, 1.54) is 12.1 Å². The van der Waals surface area contributed by atoms with Gasteiger partial charge in [0, 0.05) is 16.8 Å². The van der Waals surface area contributed by atoms with Gasteiger partial charge in [0.05, 0.1) is 16.1 Å². The lowest BCUT2D eigenvalue weighted by molar-refractivity contribution is 0.634. The molecule has 0 saturated heterocycles. The van der Waals surface area contributed by atoms with Crippen molar-refractivity contribution in [1.82, 2.24) is 0 Å². The summed E-state index contributed by atoms with van der Waals surface area (Å²) in [4.78, 5) is 2.14. The number of para-hydroxylation sites is 1. The summed E-state index contributed by atoms with van der Waals surface area (Å²) in [5, 5.41) is 1.45.